The summed E-state index contributed by atoms with van der Waals surface area (Å²) in [5.41, 5.74) is 1.14. The number of amides is 2. The molecule has 2 amide bonds. The molecule has 0 aromatic heterocycles. The van der Waals surface area contributed by atoms with Crippen LogP contribution in [0.25, 0.3) is 0 Å². The summed E-state index contributed by atoms with van der Waals surface area (Å²) in [7, 11) is -3.59. The molecule has 0 aliphatic heterocycles. The monoisotopic (exact) mass is 571 g/mol. The molecule has 0 bridgehead atoms. The van der Waals surface area contributed by atoms with Crippen molar-refractivity contribution in [1.82, 2.24) is 10.2 Å². The molecule has 11 heteroatoms. The van der Waals surface area contributed by atoms with Crippen LogP contribution in [-0.2, 0) is 26.2 Å². The highest BCUT2D eigenvalue weighted by Crippen LogP contribution is 2.25. The van der Waals surface area contributed by atoms with Crippen molar-refractivity contribution < 1.29 is 22.7 Å². The largest absolute Gasteiger partial charge is 0.494 e. The van der Waals surface area contributed by atoms with Gasteiger partial charge in [0.1, 0.15) is 11.8 Å². The van der Waals surface area contributed by atoms with Crippen LogP contribution >= 0.6 is 23.2 Å². The average molecular weight is 573 g/mol. The van der Waals surface area contributed by atoms with Gasteiger partial charge < -0.3 is 15.0 Å². The van der Waals surface area contributed by atoms with Crippen molar-refractivity contribution in [2.75, 3.05) is 30.3 Å². The first-order chi connectivity index (χ1) is 17.5. The molecule has 0 spiro atoms. The van der Waals surface area contributed by atoms with Gasteiger partial charge in [0.2, 0.25) is 21.8 Å². The molecule has 1 atom stereocenters. The zero-order valence-electron chi connectivity index (χ0n) is 21.7. The lowest BCUT2D eigenvalue weighted by Crippen LogP contribution is -2.49. The molecule has 0 radical (unpaired) electrons. The van der Waals surface area contributed by atoms with E-state index in [1.807, 2.05) is 20.8 Å². The van der Waals surface area contributed by atoms with Gasteiger partial charge in [0.05, 0.1) is 18.6 Å². The normalized spacial score (nSPS) is 12.1. The number of benzene rings is 2. The molecule has 0 heterocycles. The predicted octanol–water partition coefficient (Wildman–Crippen LogP) is 4.88. The second-order valence-corrected chi connectivity index (χ2v) is 11.2. The summed E-state index contributed by atoms with van der Waals surface area (Å²) in [6.45, 7) is 6.68. The van der Waals surface area contributed by atoms with Crippen LogP contribution in [0.1, 0.15) is 45.6 Å². The van der Waals surface area contributed by atoms with Gasteiger partial charge in [-0.15, -0.1) is 0 Å². The number of likely N-dealkylation sites (N-methyl/N-ethyl adjacent to an activating group) is 1. The van der Waals surface area contributed by atoms with Crippen LogP contribution in [-0.4, -0.2) is 57.1 Å². The molecular formula is C26H35Cl2N3O5S. The van der Waals surface area contributed by atoms with Crippen molar-refractivity contribution in [2.24, 2.45) is 0 Å². The van der Waals surface area contributed by atoms with E-state index >= 15 is 0 Å². The van der Waals surface area contributed by atoms with E-state index in [4.69, 9.17) is 27.9 Å². The highest BCUT2D eigenvalue weighted by atomic mass is 35.5. The second kappa shape index (κ2) is 14.4. The van der Waals surface area contributed by atoms with Crippen LogP contribution in [0.3, 0.4) is 0 Å². The van der Waals surface area contributed by atoms with Crippen molar-refractivity contribution in [3.63, 3.8) is 0 Å². The third-order valence-corrected chi connectivity index (χ3v) is 7.46. The lowest BCUT2D eigenvalue weighted by Gasteiger charge is -2.31. The van der Waals surface area contributed by atoms with Crippen molar-refractivity contribution in [2.45, 2.75) is 52.6 Å². The van der Waals surface area contributed by atoms with E-state index in [0.29, 0.717) is 46.6 Å². The maximum absolute atomic E-state index is 13.4. The first kappa shape index (κ1) is 30.7. The van der Waals surface area contributed by atoms with Crippen LogP contribution in [0.2, 0.25) is 10.0 Å². The molecule has 204 valence electrons. The predicted molar refractivity (Wildman–Crippen MR) is 149 cm³/mol. The number of rotatable bonds is 14. The summed E-state index contributed by atoms with van der Waals surface area (Å²) in [6.07, 6.45) is 1.84. The molecule has 0 aliphatic carbocycles. The van der Waals surface area contributed by atoms with E-state index in [9.17, 15) is 18.0 Å². The number of sulfonamides is 1. The van der Waals surface area contributed by atoms with E-state index in [1.54, 1.807) is 42.5 Å². The minimum Gasteiger partial charge on any atom is -0.494 e. The third kappa shape index (κ3) is 9.09. The fourth-order valence-corrected chi connectivity index (χ4v) is 5.36. The minimum absolute atomic E-state index is 0.0458. The molecule has 0 saturated carbocycles. The standard InChI is InChI=1S/C26H35Cl2N3O5S/c1-5-24(26(33)29-6-2)30(18-19-10-11-20(27)17-23(19)28)25(32)9-8-16-31(37(4,34)35)21-12-14-22(15-13-21)36-7-3/h10-15,17,24H,5-9,16,18H2,1-4H3,(H,29,33)/t24-/m0/s1. The molecule has 2 aromatic carbocycles. The lowest BCUT2D eigenvalue weighted by molar-refractivity contribution is -0.141. The van der Waals surface area contributed by atoms with Gasteiger partial charge in [-0.1, -0.05) is 36.2 Å². The Labute approximate surface area is 229 Å². The number of carbonyl (C=O) groups is 2. The highest BCUT2D eigenvalue weighted by molar-refractivity contribution is 7.92. The Bertz CT molecular complexity index is 1160. The van der Waals surface area contributed by atoms with E-state index in [1.165, 1.54) is 9.21 Å². The number of hydrogen-bond donors (Lipinski definition) is 1. The quantitative estimate of drug-likeness (QED) is 0.348. The van der Waals surface area contributed by atoms with Crippen molar-refractivity contribution in [1.29, 1.82) is 0 Å². The second-order valence-electron chi connectivity index (χ2n) is 8.44. The molecule has 0 unspecified atom stereocenters. The summed E-state index contributed by atoms with van der Waals surface area (Å²) in [4.78, 5) is 27.7. The van der Waals surface area contributed by atoms with Gasteiger partial charge in [0, 0.05) is 36.1 Å². The van der Waals surface area contributed by atoms with Crippen molar-refractivity contribution >= 4 is 50.7 Å². The molecule has 37 heavy (non-hydrogen) atoms. The smallest absolute Gasteiger partial charge is 0.242 e. The Balaban J connectivity index is 2.22. The number of nitrogens with zero attached hydrogens (tertiary/aromatic N) is 2. The Morgan fingerprint density at radius 3 is 2.27 bits per heavy atom. The zero-order valence-corrected chi connectivity index (χ0v) is 24.0. The topological polar surface area (TPSA) is 96.0 Å². The minimum atomic E-state index is -3.59. The maximum atomic E-state index is 13.4. The highest BCUT2D eigenvalue weighted by Gasteiger charge is 2.29. The number of hydrogen-bond acceptors (Lipinski definition) is 5. The van der Waals surface area contributed by atoms with Gasteiger partial charge in [-0.3, -0.25) is 13.9 Å². The van der Waals surface area contributed by atoms with Gasteiger partial charge >= 0.3 is 0 Å². The molecule has 1 N–H and O–H groups in total. The molecule has 0 saturated heterocycles. The summed E-state index contributed by atoms with van der Waals surface area (Å²) >= 11 is 12.4. The van der Waals surface area contributed by atoms with Gasteiger partial charge in [-0.25, -0.2) is 8.42 Å². The van der Waals surface area contributed by atoms with Crippen molar-refractivity contribution in [3.8, 4) is 5.75 Å². The molecule has 2 rings (SSSR count). The summed E-state index contributed by atoms with van der Waals surface area (Å²) in [6, 6.07) is 11.1. The Morgan fingerprint density at radius 1 is 1.05 bits per heavy atom. The van der Waals surface area contributed by atoms with E-state index < -0.39 is 16.1 Å². The van der Waals surface area contributed by atoms with E-state index in [-0.39, 0.29) is 37.7 Å². The lowest BCUT2D eigenvalue weighted by atomic mass is 10.1. The first-order valence-electron chi connectivity index (χ1n) is 12.2. The Morgan fingerprint density at radius 2 is 1.73 bits per heavy atom. The molecule has 0 aliphatic rings. The van der Waals surface area contributed by atoms with Crippen LogP contribution in [0, 0.1) is 0 Å². The number of carbonyl (C=O) groups excluding carboxylic acids is 2. The Kier molecular flexibility index (Phi) is 12.0. The Hall–Kier alpha value is -2.49. The first-order valence-corrected chi connectivity index (χ1v) is 14.8. The zero-order chi connectivity index (χ0) is 27.6. The van der Waals surface area contributed by atoms with Crippen LogP contribution in [0.5, 0.6) is 5.75 Å². The van der Waals surface area contributed by atoms with Crippen LogP contribution < -0.4 is 14.4 Å². The number of halogens is 2. The molecular weight excluding hydrogens is 537 g/mol. The summed E-state index contributed by atoms with van der Waals surface area (Å²) in [5, 5.41) is 3.65. The maximum Gasteiger partial charge on any atom is 0.242 e. The molecule has 2 aromatic rings. The van der Waals surface area contributed by atoms with Gasteiger partial charge in [-0.05, 0) is 68.7 Å². The molecule has 0 fully saturated rings. The summed E-state index contributed by atoms with van der Waals surface area (Å²) < 4.78 is 31.7. The number of nitrogens with one attached hydrogen (secondary N) is 1. The fourth-order valence-electron chi connectivity index (χ4n) is 3.92. The summed E-state index contributed by atoms with van der Waals surface area (Å²) in [5.74, 6) is 0.113. The van der Waals surface area contributed by atoms with Gasteiger partial charge in [0.25, 0.3) is 0 Å². The van der Waals surface area contributed by atoms with Crippen LogP contribution in [0.15, 0.2) is 42.5 Å². The molecule has 8 nitrogen and oxygen atoms in total. The third-order valence-electron chi connectivity index (χ3n) is 5.68. The van der Waals surface area contributed by atoms with Gasteiger partial charge in [-0.2, -0.15) is 0 Å². The number of anilines is 1. The van der Waals surface area contributed by atoms with Crippen molar-refractivity contribution in [3.05, 3.63) is 58.1 Å². The van der Waals surface area contributed by atoms with Crippen LogP contribution in [0.4, 0.5) is 5.69 Å². The van der Waals surface area contributed by atoms with E-state index in [2.05, 4.69) is 5.32 Å². The fraction of sp³-hybridized carbons (Fsp3) is 0.462. The SMILES string of the molecule is CCNC(=O)[C@H](CC)N(Cc1ccc(Cl)cc1Cl)C(=O)CCCN(c1ccc(OCC)cc1)S(C)(=O)=O. The average Bonchev–Trinajstić information content (AvgIpc) is 2.83. The van der Waals surface area contributed by atoms with Gasteiger partial charge in [0.15, 0.2) is 0 Å². The van der Waals surface area contributed by atoms with E-state index in [0.717, 1.165) is 6.26 Å². The number of ether oxygens (including phenoxy) is 1.